The van der Waals surface area contributed by atoms with E-state index in [0.717, 1.165) is 12.8 Å². The molecule has 1 rings (SSSR count). The third kappa shape index (κ3) is 4.00. The molecule has 0 atom stereocenters. The molecule has 17 heavy (non-hydrogen) atoms. The van der Waals surface area contributed by atoms with Crippen molar-refractivity contribution in [2.45, 2.75) is 51.0 Å². The Bertz CT molecular complexity index is 272. The molecular formula is C12H21NO4. The Morgan fingerprint density at radius 1 is 1.35 bits per heavy atom. The third-order valence-electron chi connectivity index (χ3n) is 3.14. The van der Waals surface area contributed by atoms with Gasteiger partial charge in [0.05, 0.1) is 0 Å². The number of aliphatic carboxylic acids is 1. The van der Waals surface area contributed by atoms with Gasteiger partial charge in [0.1, 0.15) is 5.54 Å². The fraction of sp³-hybridized carbons (Fsp3) is 0.833. The number of rotatable bonds is 7. The van der Waals surface area contributed by atoms with Crippen molar-refractivity contribution in [1.82, 2.24) is 5.32 Å². The SMILES string of the molecule is CCOCCCC(=O)NC1(C(=O)O)CCCC1. The fourth-order valence-corrected chi connectivity index (χ4v) is 2.18. The number of carbonyl (C=O) groups is 2. The Balaban J connectivity index is 2.35. The second kappa shape index (κ2) is 6.59. The molecule has 1 amide bonds. The van der Waals surface area contributed by atoms with Crippen molar-refractivity contribution < 1.29 is 19.4 Å². The highest BCUT2D eigenvalue weighted by atomic mass is 16.5. The Morgan fingerprint density at radius 3 is 2.53 bits per heavy atom. The molecule has 5 nitrogen and oxygen atoms in total. The standard InChI is InChI=1S/C12H21NO4/c1-2-17-9-5-6-10(14)13-12(11(15)16)7-3-4-8-12/h2-9H2,1H3,(H,13,14)(H,15,16). The maximum Gasteiger partial charge on any atom is 0.329 e. The highest BCUT2D eigenvalue weighted by Gasteiger charge is 2.42. The molecular weight excluding hydrogens is 222 g/mol. The largest absolute Gasteiger partial charge is 0.480 e. The first-order valence-electron chi connectivity index (χ1n) is 6.23. The van der Waals surface area contributed by atoms with Crippen LogP contribution in [0.1, 0.15) is 45.4 Å². The van der Waals surface area contributed by atoms with Gasteiger partial charge in [0.2, 0.25) is 5.91 Å². The van der Waals surface area contributed by atoms with E-state index in [2.05, 4.69) is 5.32 Å². The van der Waals surface area contributed by atoms with Crippen molar-refractivity contribution in [1.29, 1.82) is 0 Å². The molecule has 1 saturated carbocycles. The van der Waals surface area contributed by atoms with E-state index in [1.54, 1.807) is 0 Å². The highest BCUT2D eigenvalue weighted by Crippen LogP contribution is 2.29. The van der Waals surface area contributed by atoms with Crippen molar-refractivity contribution in [2.24, 2.45) is 0 Å². The first kappa shape index (κ1) is 14.0. The van der Waals surface area contributed by atoms with Crippen LogP contribution in [0.15, 0.2) is 0 Å². The number of hydrogen-bond donors (Lipinski definition) is 2. The molecule has 0 aliphatic heterocycles. The lowest BCUT2D eigenvalue weighted by atomic mass is 9.97. The van der Waals surface area contributed by atoms with E-state index in [9.17, 15) is 14.7 Å². The molecule has 0 bridgehead atoms. The van der Waals surface area contributed by atoms with Crippen LogP contribution in [-0.4, -0.2) is 35.7 Å². The number of carbonyl (C=O) groups excluding carboxylic acids is 1. The fourth-order valence-electron chi connectivity index (χ4n) is 2.18. The van der Waals surface area contributed by atoms with Gasteiger partial charge in [-0.05, 0) is 26.2 Å². The summed E-state index contributed by atoms with van der Waals surface area (Å²) < 4.78 is 5.13. The summed E-state index contributed by atoms with van der Waals surface area (Å²) >= 11 is 0. The van der Waals surface area contributed by atoms with E-state index in [-0.39, 0.29) is 5.91 Å². The van der Waals surface area contributed by atoms with Crippen LogP contribution in [0.3, 0.4) is 0 Å². The summed E-state index contributed by atoms with van der Waals surface area (Å²) in [5.74, 6) is -1.10. The van der Waals surface area contributed by atoms with Crippen molar-refractivity contribution in [3.05, 3.63) is 0 Å². The van der Waals surface area contributed by atoms with Gasteiger partial charge in [-0.1, -0.05) is 12.8 Å². The van der Waals surface area contributed by atoms with Crippen LogP contribution in [0.4, 0.5) is 0 Å². The summed E-state index contributed by atoms with van der Waals surface area (Å²) in [5, 5.41) is 11.9. The van der Waals surface area contributed by atoms with Crippen LogP contribution in [0.25, 0.3) is 0 Å². The van der Waals surface area contributed by atoms with Gasteiger partial charge in [-0.25, -0.2) is 4.79 Å². The summed E-state index contributed by atoms with van der Waals surface area (Å²) in [6.45, 7) is 3.09. The molecule has 0 heterocycles. The molecule has 98 valence electrons. The molecule has 0 aromatic heterocycles. The lowest BCUT2D eigenvalue weighted by Crippen LogP contribution is -2.52. The van der Waals surface area contributed by atoms with Crippen molar-refractivity contribution in [3.8, 4) is 0 Å². The van der Waals surface area contributed by atoms with Crippen LogP contribution < -0.4 is 5.32 Å². The Morgan fingerprint density at radius 2 is 2.00 bits per heavy atom. The minimum absolute atomic E-state index is 0.186. The molecule has 0 aromatic rings. The zero-order valence-corrected chi connectivity index (χ0v) is 10.3. The third-order valence-corrected chi connectivity index (χ3v) is 3.14. The van der Waals surface area contributed by atoms with Crippen molar-refractivity contribution in [3.63, 3.8) is 0 Å². The number of hydrogen-bond acceptors (Lipinski definition) is 3. The quantitative estimate of drug-likeness (QED) is 0.661. The Labute approximate surface area is 102 Å². The summed E-state index contributed by atoms with van der Waals surface area (Å²) in [4.78, 5) is 22.8. The number of amides is 1. The second-order valence-electron chi connectivity index (χ2n) is 4.44. The first-order chi connectivity index (χ1) is 8.10. The molecule has 2 N–H and O–H groups in total. The van der Waals surface area contributed by atoms with Gasteiger partial charge >= 0.3 is 5.97 Å². The summed E-state index contributed by atoms with van der Waals surface area (Å²) in [6.07, 6.45) is 3.78. The zero-order valence-electron chi connectivity index (χ0n) is 10.3. The van der Waals surface area contributed by atoms with E-state index >= 15 is 0 Å². The Kier molecular flexibility index (Phi) is 5.41. The molecule has 5 heteroatoms. The van der Waals surface area contributed by atoms with Crippen molar-refractivity contribution >= 4 is 11.9 Å². The second-order valence-corrected chi connectivity index (χ2v) is 4.44. The van der Waals surface area contributed by atoms with Gasteiger partial charge in [0, 0.05) is 19.6 Å². The molecule has 1 fully saturated rings. The van der Waals surface area contributed by atoms with Crippen LogP contribution >= 0.6 is 0 Å². The summed E-state index contributed by atoms with van der Waals surface area (Å²) in [5.41, 5.74) is -1.01. The average molecular weight is 243 g/mol. The van der Waals surface area contributed by atoms with Gasteiger partial charge in [0.15, 0.2) is 0 Å². The minimum atomic E-state index is -1.01. The lowest BCUT2D eigenvalue weighted by molar-refractivity contribution is -0.147. The summed E-state index contributed by atoms with van der Waals surface area (Å²) in [6, 6.07) is 0. The molecule has 0 spiro atoms. The van der Waals surface area contributed by atoms with E-state index in [4.69, 9.17) is 4.74 Å². The molecule has 0 unspecified atom stereocenters. The molecule has 0 aromatic carbocycles. The molecule has 1 aliphatic carbocycles. The van der Waals surface area contributed by atoms with Crippen LogP contribution in [-0.2, 0) is 14.3 Å². The number of ether oxygens (including phenoxy) is 1. The van der Waals surface area contributed by atoms with E-state index in [1.807, 2.05) is 6.92 Å². The minimum Gasteiger partial charge on any atom is -0.480 e. The maximum absolute atomic E-state index is 11.6. The average Bonchev–Trinajstić information content (AvgIpc) is 2.74. The van der Waals surface area contributed by atoms with Crippen LogP contribution in [0.2, 0.25) is 0 Å². The normalized spacial score (nSPS) is 17.9. The summed E-state index contributed by atoms with van der Waals surface area (Å²) in [7, 11) is 0. The van der Waals surface area contributed by atoms with E-state index in [0.29, 0.717) is 38.9 Å². The van der Waals surface area contributed by atoms with Crippen molar-refractivity contribution in [2.75, 3.05) is 13.2 Å². The van der Waals surface area contributed by atoms with E-state index < -0.39 is 11.5 Å². The predicted molar refractivity (Wildman–Crippen MR) is 62.7 cm³/mol. The van der Waals surface area contributed by atoms with Gasteiger partial charge in [-0.2, -0.15) is 0 Å². The van der Waals surface area contributed by atoms with Gasteiger partial charge in [-0.3, -0.25) is 4.79 Å². The predicted octanol–water partition coefficient (Wildman–Crippen LogP) is 1.32. The van der Waals surface area contributed by atoms with Gasteiger partial charge in [0.25, 0.3) is 0 Å². The van der Waals surface area contributed by atoms with Crippen LogP contribution in [0, 0.1) is 0 Å². The first-order valence-corrected chi connectivity index (χ1v) is 6.23. The topological polar surface area (TPSA) is 75.6 Å². The lowest BCUT2D eigenvalue weighted by Gasteiger charge is -2.25. The smallest absolute Gasteiger partial charge is 0.329 e. The number of carboxylic acid groups (broad SMARTS) is 1. The Hall–Kier alpha value is -1.10. The highest BCUT2D eigenvalue weighted by molar-refractivity contribution is 5.87. The van der Waals surface area contributed by atoms with Crippen LogP contribution in [0.5, 0.6) is 0 Å². The number of carboxylic acids is 1. The molecule has 1 aliphatic rings. The maximum atomic E-state index is 11.6. The molecule has 0 saturated heterocycles. The zero-order chi connectivity index (χ0) is 12.7. The molecule has 0 radical (unpaired) electrons. The monoisotopic (exact) mass is 243 g/mol. The van der Waals surface area contributed by atoms with Gasteiger partial charge < -0.3 is 15.2 Å². The van der Waals surface area contributed by atoms with E-state index in [1.165, 1.54) is 0 Å². The number of nitrogens with one attached hydrogen (secondary N) is 1. The van der Waals surface area contributed by atoms with Gasteiger partial charge in [-0.15, -0.1) is 0 Å².